The zero-order chi connectivity index (χ0) is 40.7. The van der Waals surface area contributed by atoms with Crippen molar-refractivity contribution in [2.24, 2.45) is 17.6 Å². The van der Waals surface area contributed by atoms with Crippen LogP contribution in [0.2, 0.25) is 0 Å². The van der Waals surface area contributed by atoms with E-state index in [1.807, 2.05) is 75.4 Å². The van der Waals surface area contributed by atoms with Crippen LogP contribution in [0.1, 0.15) is 72.1 Å². The molecule has 4 aliphatic rings. The molecule has 7 rings (SSSR count). The standard InChI is InChI=1S/C42H52FN5O8S/c1-25(2)55-29-13-11-27(12-14-29)33-21-36(32-16-15-30(54-4)19-34(32)45-33)56-31-20-35-38(49)46-42(40(51)47-57(52,53)41(24-43)17-18-41)22-28(42)10-8-6-5-7-9-26(3)37(44)39(50)48(35)23-31/h8,10-16,19,21,25-26,28,31,35,37H,5-7,9,17-18,20,22-24,44H2,1-4H3,(H,46,49)(H,47,51)/b10-8-/t26-,28-,31-,35+,37+,42-/m1/s1. The molecule has 3 amide bonds. The van der Waals surface area contributed by atoms with Crippen LogP contribution < -0.4 is 30.0 Å². The molecule has 0 spiro atoms. The van der Waals surface area contributed by atoms with Gasteiger partial charge in [-0.2, -0.15) is 0 Å². The van der Waals surface area contributed by atoms with Crippen LogP contribution in [0.5, 0.6) is 17.2 Å². The summed E-state index contributed by atoms with van der Waals surface area (Å²) in [4.78, 5) is 48.8. The van der Waals surface area contributed by atoms with Gasteiger partial charge < -0.3 is 30.2 Å². The molecule has 2 aliphatic carbocycles. The smallest absolute Gasteiger partial charge is 0.259 e. The average Bonchev–Trinajstić information content (AvgIpc) is 4.09. The largest absolute Gasteiger partial charge is 0.497 e. The average molecular weight is 806 g/mol. The van der Waals surface area contributed by atoms with Crippen molar-refractivity contribution in [3.63, 3.8) is 0 Å². The predicted octanol–water partition coefficient (Wildman–Crippen LogP) is 4.96. The van der Waals surface area contributed by atoms with Crippen molar-refractivity contribution in [3.8, 4) is 28.5 Å². The number of hydrogen-bond acceptors (Lipinski definition) is 10. The number of amides is 3. The Morgan fingerprint density at radius 3 is 2.53 bits per heavy atom. The molecule has 2 aliphatic heterocycles. The number of nitrogens with zero attached hydrogens (tertiary/aromatic N) is 2. The predicted molar refractivity (Wildman–Crippen MR) is 213 cm³/mol. The second-order valence-electron chi connectivity index (χ2n) is 16.3. The Morgan fingerprint density at radius 1 is 1.11 bits per heavy atom. The lowest BCUT2D eigenvalue weighted by molar-refractivity contribution is -0.141. The number of sulfonamides is 1. The van der Waals surface area contributed by atoms with Gasteiger partial charge in [0.15, 0.2) is 0 Å². The van der Waals surface area contributed by atoms with Crippen molar-refractivity contribution < 1.29 is 41.4 Å². The molecule has 3 aromatic rings. The van der Waals surface area contributed by atoms with Crippen LogP contribution in [0.15, 0.2) is 60.7 Å². The molecule has 2 saturated carbocycles. The highest BCUT2D eigenvalue weighted by Gasteiger charge is 2.64. The molecule has 3 fully saturated rings. The molecule has 1 saturated heterocycles. The van der Waals surface area contributed by atoms with Gasteiger partial charge in [0.05, 0.1) is 37.0 Å². The highest BCUT2D eigenvalue weighted by atomic mass is 32.2. The van der Waals surface area contributed by atoms with Gasteiger partial charge in [0.2, 0.25) is 21.8 Å². The Labute approximate surface area is 332 Å². The second-order valence-corrected chi connectivity index (χ2v) is 18.4. The molecule has 0 unspecified atom stereocenters. The highest BCUT2D eigenvalue weighted by Crippen LogP contribution is 2.48. The summed E-state index contributed by atoms with van der Waals surface area (Å²) in [5.74, 6) is -0.825. The Balaban J connectivity index is 1.20. The fourth-order valence-electron chi connectivity index (χ4n) is 7.90. The minimum Gasteiger partial charge on any atom is -0.497 e. The summed E-state index contributed by atoms with van der Waals surface area (Å²) >= 11 is 0. The van der Waals surface area contributed by atoms with Crippen LogP contribution in [0.3, 0.4) is 0 Å². The van der Waals surface area contributed by atoms with Gasteiger partial charge in [0.25, 0.3) is 5.91 Å². The topological polar surface area (TPSA) is 179 Å². The maximum atomic E-state index is 14.4. The van der Waals surface area contributed by atoms with Crippen LogP contribution in [0.4, 0.5) is 4.39 Å². The number of pyridine rings is 1. The molecular weight excluding hydrogens is 754 g/mol. The number of alkyl halides is 1. The van der Waals surface area contributed by atoms with Crippen LogP contribution in [-0.4, -0.2) is 90.9 Å². The van der Waals surface area contributed by atoms with Crippen molar-refractivity contribution in [3.05, 3.63) is 60.7 Å². The normalized spacial score (nSPS) is 28.0. The third kappa shape index (κ3) is 8.18. The Hall–Kier alpha value is -4.76. The molecule has 1 aromatic heterocycles. The molecule has 306 valence electrons. The van der Waals surface area contributed by atoms with Crippen LogP contribution >= 0.6 is 0 Å². The number of benzene rings is 2. The Bertz CT molecular complexity index is 2160. The van der Waals surface area contributed by atoms with E-state index in [4.69, 9.17) is 24.9 Å². The zero-order valence-electron chi connectivity index (χ0n) is 32.8. The first-order chi connectivity index (χ1) is 27.2. The maximum absolute atomic E-state index is 14.4. The zero-order valence-corrected chi connectivity index (χ0v) is 33.6. The van der Waals surface area contributed by atoms with E-state index in [2.05, 4.69) is 10.0 Å². The summed E-state index contributed by atoms with van der Waals surface area (Å²) in [7, 11) is -2.78. The van der Waals surface area contributed by atoms with Gasteiger partial charge in [-0.3, -0.25) is 19.1 Å². The van der Waals surface area contributed by atoms with Gasteiger partial charge in [-0.15, -0.1) is 0 Å². The van der Waals surface area contributed by atoms with Crippen LogP contribution in [-0.2, 0) is 24.4 Å². The second kappa shape index (κ2) is 15.9. The van der Waals surface area contributed by atoms with E-state index < -0.39 is 68.8 Å². The number of methoxy groups -OCH3 is 1. The number of carbonyl (C=O) groups excluding carboxylic acids is 3. The molecule has 0 radical (unpaired) electrons. The molecule has 4 N–H and O–H groups in total. The first-order valence-electron chi connectivity index (χ1n) is 19.8. The van der Waals surface area contributed by atoms with Crippen molar-refractivity contribution in [2.45, 2.75) is 107 Å². The van der Waals surface area contributed by atoms with Gasteiger partial charge in [-0.05, 0) is 94.7 Å². The van der Waals surface area contributed by atoms with Crippen LogP contribution in [0.25, 0.3) is 22.2 Å². The molecule has 15 heteroatoms. The van der Waals surface area contributed by atoms with E-state index in [0.717, 1.165) is 24.2 Å². The third-order valence-electron chi connectivity index (χ3n) is 11.8. The number of nitrogens with two attached hydrogens (primary N) is 1. The Kier molecular flexibility index (Phi) is 11.3. The molecular formula is C42H52FN5O8S. The minimum absolute atomic E-state index is 0.0121. The lowest BCUT2D eigenvalue weighted by Crippen LogP contribution is -2.58. The Morgan fingerprint density at radius 2 is 1.84 bits per heavy atom. The summed E-state index contributed by atoms with van der Waals surface area (Å²) in [5, 5.41) is 3.55. The van der Waals surface area contributed by atoms with Crippen molar-refractivity contribution in [1.29, 1.82) is 0 Å². The van der Waals surface area contributed by atoms with Gasteiger partial charge in [0.1, 0.15) is 46.4 Å². The fraction of sp³-hybridized carbons (Fsp3) is 0.524. The molecule has 6 atom stereocenters. The lowest BCUT2D eigenvalue weighted by Gasteiger charge is -2.30. The number of aromatic nitrogens is 1. The minimum atomic E-state index is -4.35. The molecule has 0 bridgehead atoms. The molecule has 3 heterocycles. The number of halogens is 1. The van der Waals surface area contributed by atoms with E-state index in [0.29, 0.717) is 40.9 Å². The van der Waals surface area contributed by atoms with Gasteiger partial charge in [0, 0.05) is 35.4 Å². The van der Waals surface area contributed by atoms with Crippen LogP contribution in [0, 0.1) is 11.8 Å². The number of rotatable bonds is 10. The summed E-state index contributed by atoms with van der Waals surface area (Å²) < 4.78 is 58.6. The highest BCUT2D eigenvalue weighted by molar-refractivity contribution is 7.91. The third-order valence-corrected chi connectivity index (χ3v) is 13.9. The van der Waals surface area contributed by atoms with Gasteiger partial charge >= 0.3 is 0 Å². The lowest BCUT2D eigenvalue weighted by atomic mass is 9.94. The van der Waals surface area contributed by atoms with Crippen molar-refractivity contribution >= 4 is 38.6 Å². The van der Waals surface area contributed by atoms with Crippen molar-refractivity contribution in [2.75, 3.05) is 20.3 Å². The quantitative estimate of drug-likeness (QED) is 0.237. The van der Waals surface area contributed by atoms with Gasteiger partial charge in [-0.25, -0.2) is 17.8 Å². The number of nitrogens with one attached hydrogen (secondary N) is 2. The summed E-state index contributed by atoms with van der Waals surface area (Å²) in [6.45, 7) is 4.76. The summed E-state index contributed by atoms with van der Waals surface area (Å²) in [5.41, 5.74) is 7.04. The van der Waals surface area contributed by atoms with E-state index in [-0.39, 0.29) is 44.2 Å². The molecule has 2 aromatic carbocycles. The monoisotopic (exact) mass is 805 g/mol. The van der Waals surface area contributed by atoms with Crippen molar-refractivity contribution in [1.82, 2.24) is 19.9 Å². The van der Waals surface area contributed by atoms with E-state index in [1.54, 1.807) is 13.2 Å². The number of ether oxygens (including phenoxy) is 3. The summed E-state index contributed by atoms with van der Waals surface area (Å²) in [6, 6.07) is 12.9. The first kappa shape index (κ1) is 40.4. The SMILES string of the molecule is COc1ccc2c(O[C@@H]3C[C@H]4C(=O)N[C@]5(C(=O)NS(=O)(=O)C6(CF)CC6)C[C@H]5/C=C\CCCC[C@@H](C)[C@H](N)C(=O)N4C3)cc(-c3ccc(OC(C)C)cc3)nc2c1. The maximum Gasteiger partial charge on any atom is 0.259 e. The van der Waals surface area contributed by atoms with E-state index >= 15 is 0 Å². The first-order valence-corrected chi connectivity index (χ1v) is 21.3. The summed E-state index contributed by atoms with van der Waals surface area (Å²) in [6.07, 6.45) is 6.57. The molecule has 57 heavy (non-hydrogen) atoms. The molecule has 13 nitrogen and oxygen atoms in total. The van der Waals surface area contributed by atoms with E-state index in [1.165, 1.54) is 4.90 Å². The number of hydrogen-bond donors (Lipinski definition) is 3. The van der Waals surface area contributed by atoms with E-state index in [9.17, 15) is 27.2 Å². The van der Waals surface area contributed by atoms with Gasteiger partial charge in [-0.1, -0.05) is 25.5 Å². The number of fused-ring (bicyclic) bond motifs is 3. The number of carbonyl (C=O) groups is 3. The number of allylic oxidation sites excluding steroid dienone is 1. The fourth-order valence-corrected chi connectivity index (χ4v) is 9.33.